The maximum Gasteiger partial charge on any atom is 0.251 e. The van der Waals surface area contributed by atoms with Crippen molar-refractivity contribution < 1.29 is 9.53 Å². The normalized spacial score (nSPS) is 20.8. The van der Waals surface area contributed by atoms with E-state index in [1.54, 1.807) is 0 Å². The molecule has 2 rings (SSSR count). The summed E-state index contributed by atoms with van der Waals surface area (Å²) in [6.07, 6.45) is 0.310. The van der Waals surface area contributed by atoms with Crippen molar-refractivity contribution in [3.05, 3.63) is 35.4 Å². The number of nitrogens with two attached hydrogens (primary N) is 1. The number of rotatable bonds is 1. The lowest BCUT2D eigenvalue weighted by molar-refractivity contribution is -0.130. The van der Waals surface area contributed by atoms with Crippen molar-refractivity contribution in [2.75, 3.05) is 6.61 Å². The first-order valence-electron chi connectivity index (χ1n) is 4.28. The Balaban J connectivity index is 2.42. The summed E-state index contributed by atoms with van der Waals surface area (Å²) in [5.74, 6) is -0.410. The van der Waals surface area contributed by atoms with Crippen molar-refractivity contribution in [1.82, 2.24) is 0 Å². The van der Waals surface area contributed by atoms with E-state index in [0.717, 1.165) is 17.5 Å². The summed E-state index contributed by atoms with van der Waals surface area (Å²) >= 11 is 0. The molecule has 0 saturated heterocycles. The Labute approximate surface area is 76.5 Å². The van der Waals surface area contributed by atoms with E-state index >= 15 is 0 Å². The molecule has 0 aliphatic carbocycles. The standard InChI is InChI=1S/C10H11NO2/c11-10(12)9-8-4-2-1-3-7(8)5-6-13-9/h1-4,9H,5-6H2,(H2,11,12)/t9-/m0/s1. The molecule has 0 spiro atoms. The maximum absolute atomic E-state index is 11.0. The summed E-state index contributed by atoms with van der Waals surface area (Å²) in [7, 11) is 0. The second-order valence-electron chi connectivity index (χ2n) is 3.10. The van der Waals surface area contributed by atoms with E-state index in [9.17, 15) is 4.79 Å². The molecular formula is C10H11NO2. The fourth-order valence-electron chi connectivity index (χ4n) is 1.63. The molecule has 0 fully saturated rings. The van der Waals surface area contributed by atoms with Crippen LogP contribution in [-0.2, 0) is 16.0 Å². The third-order valence-corrected chi connectivity index (χ3v) is 2.25. The van der Waals surface area contributed by atoms with E-state index in [1.807, 2.05) is 24.3 Å². The van der Waals surface area contributed by atoms with Crippen LogP contribution in [-0.4, -0.2) is 12.5 Å². The van der Waals surface area contributed by atoms with Crippen LogP contribution in [0.25, 0.3) is 0 Å². The Morgan fingerprint density at radius 2 is 2.23 bits per heavy atom. The third-order valence-electron chi connectivity index (χ3n) is 2.25. The number of primary amides is 1. The molecule has 0 aromatic heterocycles. The number of hydrogen-bond donors (Lipinski definition) is 1. The zero-order chi connectivity index (χ0) is 9.26. The molecule has 1 heterocycles. The minimum Gasteiger partial charge on any atom is -0.367 e. The van der Waals surface area contributed by atoms with E-state index in [1.165, 1.54) is 0 Å². The molecule has 1 aliphatic heterocycles. The first-order valence-corrected chi connectivity index (χ1v) is 4.28. The SMILES string of the molecule is NC(=O)[C@H]1OCCc2ccccc21. The average molecular weight is 177 g/mol. The predicted molar refractivity (Wildman–Crippen MR) is 48.0 cm³/mol. The molecule has 3 nitrogen and oxygen atoms in total. The van der Waals surface area contributed by atoms with E-state index in [2.05, 4.69) is 0 Å². The zero-order valence-electron chi connectivity index (χ0n) is 7.19. The molecule has 0 bridgehead atoms. The van der Waals surface area contributed by atoms with E-state index < -0.39 is 12.0 Å². The first-order chi connectivity index (χ1) is 6.29. The Hall–Kier alpha value is -1.35. The predicted octanol–water partition coefficient (Wildman–Crippen LogP) is 0.786. The van der Waals surface area contributed by atoms with Crippen molar-refractivity contribution in [3.63, 3.8) is 0 Å². The van der Waals surface area contributed by atoms with Gasteiger partial charge in [-0.05, 0) is 17.5 Å². The summed E-state index contributed by atoms with van der Waals surface area (Å²) in [5, 5.41) is 0. The number of benzene rings is 1. The van der Waals surface area contributed by atoms with Gasteiger partial charge in [0, 0.05) is 0 Å². The summed E-state index contributed by atoms with van der Waals surface area (Å²) in [6.45, 7) is 0.574. The quantitative estimate of drug-likeness (QED) is 0.689. The molecular weight excluding hydrogens is 166 g/mol. The lowest BCUT2D eigenvalue weighted by Crippen LogP contribution is -2.28. The van der Waals surface area contributed by atoms with Gasteiger partial charge in [0.1, 0.15) is 0 Å². The molecule has 13 heavy (non-hydrogen) atoms. The monoisotopic (exact) mass is 177 g/mol. The van der Waals surface area contributed by atoms with Gasteiger partial charge in [-0.15, -0.1) is 0 Å². The van der Waals surface area contributed by atoms with Crippen LogP contribution < -0.4 is 5.73 Å². The highest BCUT2D eigenvalue weighted by atomic mass is 16.5. The number of carbonyl (C=O) groups is 1. The summed E-state index contributed by atoms with van der Waals surface area (Å²) < 4.78 is 5.29. The largest absolute Gasteiger partial charge is 0.367 e. The van der Waals surface area contributed by atoms with Crippen LogP contribution in [0.1, 0.15) is 17.2 Å². The molecule has 1 aromatic carbocycles. The van der Waals surface area contributed by atoms with Gasteiger partial charge in [-0.3, -0.25) is 4.79 Å². The van der Waals surface area contributed by atoms with Crippen LogP contribution in [0.15, 0.2) is 24.3 Å². The van der Waals surface area contributed by atoms with Crippen LogP contribution in [0.4, 0.5) is 0 Å². The van der Waals surface area contributed by atoms with Gasteiger partial charge in [0.25, 0.3) is 5.91 Å². The highest BCUT2D eigenvalue weighted by Gasteiger charge is 2.24. The number of ether oxygens (including phenoxy) is 1. The summed E-state index contributed by atoms with van der Waals surface area (Å²) in [4.78, 5) is 11.0. The van der Waals surface area contributed by atoms with Crippen molar-refractivity contribution in [2.45, 2.75) is 12.5 Å². The van der Waals surface area contributed by atoms with E-state index in [-0.39, 0.29) is 0 Å². The second kappa shape index (κ2) is 3.18. The molecule has 0 radical (unpaired) electrons. The topological polar surface area (TPSA) is 52.3 Å². The van der Waals surface area contributed by atoms with Gasteiger partial charge in [-0.1, -0.05) is 24.3 Å². The van der Waals surface area contributed by atoms with Crippen LogP contribution in [0.5, 0.6) is 0 Å². The van der Waals surface area contributed by atoms with Gasteiger partial charge in [-0.2, -0.15) is 0 Å². The molecule has 1 aromatic rings. The number of carbonyl (C=O) groups excluding carboxylic acids is 1. The fourth-order valence-corrected chi connectivity index (χ4v) is 1.63. The van der Waals surface area contributed by atoms with E-state index in [4.69, 9.17) is 10.5 Å². The zero-order valence-corrected chi connectivity index (χ0v) is 7.19. The third kappa shape index (κ3) is 1.42. The van der Waals surface area contributed by atoms with Gasteiger partial charge in [0.15, 0.2) is 6.10 Å². The Morgan fingerprint density at radius 3 is 3.00 bits per heavy atom. The molecule has 3 heteroatoms. The lowest BCUT2D eigenvalue weighted by Gasteiger charge is -2.23. The van der Waals surface area contributed by atoms with Gasteiger partial charge < -0.3 is 10.5 Å². The van der Waals surface area contributed by atoms with Gasteiger partial charge >= 0.3 is 0 Å². The van der Waals surface area contributed by atoms with E-state index in [0.29, 0.717) is 6.61 Å². The highest BCUT2D eigenvalue weighted by molar-refractivity contribution is 5.81. The van der Waals surface area contributed by atoms with Crippen molar-refractivity contribution in [1.29, 1.82) is 0 Å². The van der Waals surface area contributed by atoms with Gasteiger partial charge in [-0.25, -0.2) is 0 Å². The highest BCUT2D eigenvalue weighted by Crippen LogP contribution is 2.26. The van der Waals surface area contributed by atoms with Crippen molar-refractivity contribution in [3.8, 4) is 0 Å². The average Bonchev–Trinajstić information content (AvgIpc) is 2.17. The minimum absolute atomic E-state index is 0.410. The molecule has 1 atom stereocenters. The molecule has 68 valence electrons. The summed E-state index contributed by atoms with van der Waals surface area (Å²) in [6, 6.07) is 7.75. The van der Waals surface area contributed by atoms with Crippen LogP contribution in [0, 0.1) is 0 Å². The molecule has 1 aliphatic rings. The Bertz CT molecular complexity index is 335. The maximum atomic E-state index is 11.0. The molecule has 0 unspecified atom stereocenters. The molecule has 0 saturated carbocycles. The van der Waals surface area contributed by atoms with Crippen LogP contribution in [0.3, 0.4) is 0 Å². The van der Waals surface area contributed by atoms with Crippen LogP contribution >= 0.6 is 0 Å². The van der Waals surface area contributed by atoms with Crippen molar-refractivity contribution >= 4 is 5.91 Å². The molecule has 2 N–H and O–H groups in total. The number of hydrogen-bond acceptors (Lipinski definition) is 2. The molecule has 1 amide bonds. The van der Waals surface area contributed by atoms with Gasteiger partial charge in [0.2, 0.25) is 0 Å². The first kappa shape index (κ1) is 8.26. The number of amides is 1. The Morgan fingerprint density at radius 1 is 1.46 bits per heavy atom. The van der Waals surface area contributed by atoms with Gasteiger partial charge in [0.05, 0.1) is 6.61 Å². The lowest BCUT2D eigenvalue weighted by atomic mass is 9.97. The second-order valence-corrected chi connectivity index (χ2v) is 3.10. The minimum atomic E-state index is -0.551. The fraction of sp³-hybridized carbons (Fsp3) is 0.300. The smallest absolute Gasteiger partial charge is 0.251 e. The number of fused-ring (bicyclic) bond motifs is 1. The van der Waals surface area contributed by atoms with Crippen LogP contribution in [0.2, 0.25) is 0 Å². The Kier molecular flexibility index (Phi) is 2.02. The van der Waals surface area contributed by atoms with Crippen molar-refractivity contribution in [2.24, 2.45) is 5.73 Å². The summed E-state index contributed by atoms with van der Waals surface area (Å²) in [5.41, 5.74) is 7.30.